The molecule has 0 aliphatic heterocycles. The quantitative estimate of drug-likeness (QED) is 0.159. The number of methoxy groups -OCH3 is 2. The van der Waals surface area contributed by atoms with Crippen LogP contribution in [0.3, 0.4) is 0 Å². The Morgan fingerprint density at radius 3 is 2.29 bits per heavy atom. The first kappa shape index (κ1) is 25.5. The van der Waals surface area contributed by atoms with E-state index < -0.39 is 17.8 Å². The highest BCUT2D eigenvalue weighted by Crippen LogP contribution is 2.29. The number of halogens is 2. The molecule has 180 valence electrons. The molecule has 0 heterocycles. The highest BCUT2D eigenvalue weighted by atomic mass is 35.5. The van der Waals surface area contributed by atoms with Crippen molar-refractivity contribution in [2.45, 2.75) is 0 Å². The normalized spacial score (nSPS) is 10.5. The van der Waals surface area contributed by atoms with Gasteiger partial charge in [-0.25, -0.2) is 10.2 Å². The number of rotatable bonds is 7. The second-order valence-corrected chi connectivity index (χ2v) is 7.57. The molecule has 0 aliphatic carbocycles. The Morgan fingerprint density at radius 1 is 0.886 bits per heavy atom. The van der Waals surface area contributed by atoms with Gasteiger partial charge in [0.15, 0.2) is 11.5 Å². The predicted octanol–water partition coefficient (Wildman–Crippen LogP) is 4.32. The van der Waals surface area contributed by atoms with Crippen molar-refractivity contribution in [1.29, 1.82) is 0 Å². The molecule has 11 heteroatoms. The Bertz CT molecular complexity index is 1280. The summed E-state index contributed by atoms with van der Waals surface area (Å²) in [6.07, 6.45) is 1.32. The number of hydrazone groups is 1. The summed E-state index contributed by atoms with van der Waals surface area (Å²) >= 11 is 11.9. The molecular weight excluding hydrogens is 497 g/mol. The molecule has 35 heavy (non-hydrogen) atoms. The first-order chi connectivity index (χ1) is 16.8. The van der Waals surface area contributed by atoms with E-state index in [1.807, 2.05) is 0 Å². The predicted molar refractivity (Wildman–Crippen MR) is 132 cm³/mol. The van der Waals surface area contributed by atoms with Crippen LogP contribution >= 0.6 is 23.2 Å². The van der Waals surface area contributed by atoms with Crippen molar-refractivity contribution in [1.82, 2.24) is 5.43 Å². The lowest BCUT2D eigenvalue weighted by molar-refractivity contribution is -0.136. The number of amides is 2. The molecule has 0 atom stereocenters. The number of carbonyl (C=O) groups is 3. The van der Waals surface area contributed by atoms with Gasteiger partial charge in [0.25, 0.3) is 0 Å². The van der Waals surface area contributed by atoms with Crippen LogP contribution in [0.25, 0.3) is 0 Å². The van der Waals surface area contributed by atoms with Crippen molar-refractivity contribution in [2.24, 2.45) is 5.10 Å². The van der Waals surface area contributed by atoms with Gasteiger partial charge in [-0.2, -0.15) is 5.10 Å². The van der Waals surface area contributed by atoms with Crippen LogP contribution in [0.1, 0.15) is 15.9 Å². The highest BCUT2D eigenvalue weighted by Gasteiger charge is 2.16. The third-order valence-electron chi connectivity index (χ3n) is 4.50. The van der Waals surface area contributed by atoms with Crippen molar-refractivity contribution < 1.29 is 28.6 Å². The number of nitrogens with one attached hydrogen (secondary N) is 2. The highest BCUT2D eigenvalue weighted by molar-refractivity contribution is 6.45. The summed E-state index contributed by atoms with van der Waals surface area (Å²) in [5.74, 6) is -1.36. The smallest absolute Gasteiger partial charge is 0.343 e. The van der Waals surface area contributed by atoms with Gasteiger partial charge in [-0.15, -0.1) is 0 Å². The van der Waals surface area contributed by atoms with E-state index in [-0.39, 0.29) is 21.3 Å². The average Bonchev–Trinajstić information content (AvgIpc) is 2.87. The molecular formula is C24H19Cl2N3O6. The fourth-order valence-electron chi connectivity index (χ4n) is 2.75. The standard InChI is InChI=1S/C24H19Cl2N3O6/c1-33-19-11-8-15(12-20(19)34-2)24(32)35-16-9-6-14(7-10-16)13-27-29-23(31)22(30)28-18-5-3-4-17(25)21(18)26/h3-13H,1-2H3,(H,28,30)(H,29,31). The summed E-state index contributed by atoms with van der Waals surface area (Å²) in [4.78, 5) is 36.3. The topological polar surface area (TPSA) is 115 Å². The van der Waals surface area contributed by atoms with Gasteiger partial charge in [0.2, 0.25) is 0 Å². The van der Waals surface area contributed by atoms with Crippen molar-refractivity contribution in [3.8, 4) is 17.2 Å². The molecule has 9 nitrogen and oxygen atoms in total. The first-order valence-electron chi connectivity index (χ1n) is 9.95. The Balaban J connectivity index is 1.54. The lowest BCUT2D eigenvalue weighted by Gasteiger charge is -2.09. The number of nitrogens with zero attached hydrogens (tertiary/aromatic N) is 1. The Kier molecular flexibility index (Phi) is 8.66. The van der Waals surface area contributed by atoms with E-state index in [1.54, 1.807) is 48.5 Å². The Hall–Kier alpha value is -4.08. The molecule has 0 spiro atoms. The molecule has 2 N–H and O–H groups in total. The average molecular weight is 516 g/mol. The Labute approximate surface area is 210 Å². The van der Waals surface area contributed by atoms with Crippen molar-refractivity contribution in [3.05, 3.63) is 81.8 Å². The van der Waals surface area contributed by atoms with Gasteiger partial charge in [0, 0.05) is 0 Å². The van der Waals surface area contributed by atoms with Crippen LogP contribution in [0, 0.1) is 0 Å². The van der Waals surface area contributed by atoms with Gasteiger partial charge in [-0.3, -0.25) is 9.59 Å². The minimum Gasteiger partial charge on any atom is -0.493 e. The van der Waals surface area contributed by atoms with Crippen LogP contribution in [0.2, 0.25) is 10.0 Å². The second-order valence-electron chi connectivity index (χ2n) is 6.78. The second kappa shape index (κ2) is 11.9. The van der Waals surface area contributed by atoms with E-state index in [0.29, 0.717) is 22.8 Å². The molecule has 3 aromatic carbocycles. The number of hydrogen-bond donors (Lipinski definition) is 2. The summed E-state index contributed by atoms with van der Waals surface area (Å²) in [5.41, 5.74) is 3.17. The van der Waals surface area contributed by atoms with E-state index in [9.17, 15) is 14.4 Å². The minimum atomic E-state index is -1.00. The van der Waals surface area contributed by atoms with Crippen LogP contribution in [0.5, 0.6) is 17.2 Å². The number of ether oxygens (including phenoxy) is 3. The van der Waals surface area contributed by atoms with Gasteiger partial charge in [-0.1, -0.05) is 29.3 Å². The first-order valence-corrected chi connectivity index (χ1v) is 10.7. The zero-order valence-corrected chi connectivity index (χ0v) is 20.0. The molecule has 0 aromatic heterocycles. The molecule has 0 fully saturated rings. The number of anilines is 1. The van der Waals surface area contributed by atoms with Gasteiger partial charge < -0.3 is 19.5 Å². The van der Waals surface area contributed by atoms with Crippen molar-refractivity contribution in [2.75, 3.05) is 19.5 Å². The number of esters is 1. The SMILES string of the molecule is COc1ccc(C(=O)Oc2ccc(C=NNC(=O)C(=O)Nc3cccc(Cl)c3Cl)cc2)cc1OC. The summed E-state index contributed by atoms with van der Waals surface area (Å²) in [6.45, 7) is 0. The maximum absolute atomic E-state index is 12.4. The van der Waals surface area contributed by atoms with Crippen LogP contribution in [-0.2, 0) is 9.59 Å². The fourth-order valence-corrected chi connectivity index (χ4v) is 3.09. The summed E-state index contributed by atoms with van der Waals surface area (Å²) in [5, 5.41) is 6.44. The Morgan fingerprint density at radius 2 is 1.60 bits per heavy atom. The van der Waals surface area contributed by atoms with E-state index >= 15 is 0 Å². The molecule has 0 radical (unpaired) electrons. The van der Waals surface area contributed by atoms with Gasteiger partial charge in [0.05, 0.1) is 41.7 Å². The van der Waals surface area contributed by atoms with Crippen LogP contribution in [0.15, 0.2) is 65.8 Å². The molecule has 0 saturated carbocycles. The van der Waals surface area contributed by atoms with Crippen LogP contribution < -0.4 is 25.0 Å². The zero-order chi connectivity index (χ0) is 25.4. The third kappa shape index (κ3) is 6.72. The molecule has 0 saturated heterocycles. The zero-order valence-electron chi connectivity index (χ0n) is 18.5. The summed E-state index contributed by atoms with van der Waals surface area (Å²) in [7, 11) is 2.97. The number of benzene rings is 3. The molecule has 0 aliphatic rings. The monoisotopic (exact) mass is 515 g/mol. The van der Waals surface area contributed by atoms with Crippen molar-refractivity contribution in [3.63, 3.8) is 0 Å². The number of hydrogen-bond acceptors (Lipinski definition) is 7. The molecule has 3 aromatic rings. The largest absolute Gasteiger partial charge is 0.493 e. The van der Waals surface area contributed by atoms with Crippen molar-refractivity contribution >= 4 is 52.9 Å². The van der Waals surface area contributed by atoms with Gasteiger partial charge >= 0.3 is 17.8 Å². The molecule has 0 bridgehead atoms. The third-order valence-corrected chi connectivity index (χ3v) is 5.31. The van der Waals surface area contributed by atoms with E-state index in [1.165, 1.54) is 32.6 Å². The maximum atomic E-state index is 12.4. The number of carbonyl (C=O) groups excluding carboxylic acids is 3. The minimum absolute atomic E-state index is 0.116. The van der Waals surface area contributed by atoms with Crippen LogP contribution in [-0.4, -0.2) is 38.2 Å². The van der Waals surface area contributed by atoms with Gasteiger partial charge in [-0.05, 0) is 60.2 Å². The van der Waals surface area contributed by atoms with E-state index in [2.05, 4.69) is 15.8 Å². The lowest BCUT2D eigenvalue weighted by atomic mass is 10.2. The maximum Gasteiger partial charge on any atom is 0.343 e. The molecule has 2 amide bonds. The van der Waals surface area contributed by atoms with E-state index in [0.717, 1.165) is 0 Å². The van der Waals surface area contributed by atoms with E-state index in [4.69, 9.17) is 37.4 Å². The lowest BCUT2D eigenvalue weighted by Crippen LogP contribution is -2.32. The molecule has 3 rings (SSSR count). The summed E-state index contributed by atoms with van der Waals surface area (Å²) in [6, 6.07) is 15.6. The molecule has 0 unspecified atom stereocenters. The fraction of sp³-hybridized carbons (Fsp3) is 0.0833. The van der Waals surface area contributed by atoms with Gasteiger partial charge in [0.1, 0.15) is 5.75 Å². The van der Waals surface area contributed by atoms with Crippen LogP contribution in [0.4, 0.5) is 5.69 Å². The summed E-state index contributed by atoms with van der Waals surface area (Å²) < 4.78 is 15.7.